The first-order valence-corrected chi connectivity index (χ1v) is 7.21. The number of carboxylic acids is 1. The van der Waals surface area contributed by atoms with Gasteiger partial charge in [-0.1, -0.05) is 13.8 Å². The van der Waals surface area contributed by atoms with Crippen LogP contribution in [-0.2, 0) is 14.8 Å². The molecule has 16 heavy (non-hydrogen) atoms. The number of carboxylic acid groups (broad SMARTS) is 1. The Morgan fingerprint density at radius 2 is 2.12 bits per heavy atom. The third kappa shape index (κ3) is 2.95. The zero-order valence-electron chi connectivity index (χ0n) is 9.72. The van der Waals surface area contributed by atoms with Gasteiger partial charge in [-0.25, -0.2) is 8.42 Å². The molecular formula is C10H19NO4S. The monoisotopic (exact) mass is 249 g/mol. The van der Waals surface area contributed by atoms with Crippen LogP contribution < -0.4 is 0 Å². The molecule has 1 N–H and O–H groups in total. The summed E-state index contributed by atoms with van der Waals surface area (Å²) in [7, 11) is -3.40. The molecular weight excluding hydrogens is 230 g/mol. The lowest BCUT2D eigenvalue weighted by atomic mass is 9.94. The zero-order valence-corrected chi connectivity index (χ0v) is 10.5. The molecule has 1 heterocycles. The minimum atomic E-state index is -3.40. The van der Waals surface area contributed by atoms with Crippen molar-refractivity contribution in [3.63, 3.8) is 0 Å². The molecule has 0 amide bonds. The van der Waals surface area contributed by atoms with E-state index >= 15 is 0 Å². The Bertz CT molecular complexity index is 352. The zero-order chi connectivity index (χ0) is 12.3. The van der Waals surface area contributed by atoms with Gasteiger partial charge < -0.3 is 5.11 Å². The van der Waals surface area contributed by atoms with E-state index in [0.717, 1.165) is 6.42 Å². The third-order valence-electron chi connectivity index (χ3n) is 2.92. The van der Waals surface area contributed by atoms with E-state index in [1.54, 1.807) is 6.92 Å². The highest BCUT2D eigenvalue weighted by atomic mass is 32.2. The molecule has 2 atom stereocenters. The fraction of sp³-hybridized carbons (Fsp3) is 0.900. The maximum Gasteiger partial charge on any atom is 0.322 e. The average Bonchev–Trinajstić information content (AvgIpc) is 2.16. The van der Waals surface area contributed by atoms with Gasteiger partial charge in [0.1, 0.15) is 6.04 Å². The normalized spacial score (nSPS) is 27.9. The second-order valence-electron chi connectivity index (χ2n) is 4.41. The van der Waals surface area contributed by atoms with Gasteiger partial charge >= 0.3 is 5.97 Å². The summed E-state index contributed by atoms with van der Waals surface area (Å²) in [6.07, 6.45) is 1.67. The van der Waals surface area contributed by atoms with Gasteiger partial charge in [-0.15, -0.1) is 0 Å². The van der Waals surface area contributed by atoms with E-state index in [1.807, 2.05) is 6.92 Å². The molecule has 6 heteroatoms. The largest absolute Gasteiger partial charge is 0.480 e. The summed E-state index contributed by atoms with van der Waals surface area (Å²) in [5.41, 5.74) is 0. The Hall–Kier alpha value is -0.620. The highest BCUT2D eigenvalue weighted by molar-refractivity contribution is 7.89. The second kappa shape index (κ2) is 5.14. The number of nitrogens with zero attached hydrogens (tertiary/aromatic N) is 1. The first kappa shape index (κ1) is 13.4. The maximum absolute atomic E-state index is 11.9. The van der Waals surface area contributed by atoms with E-state index in [2.05, 4.69) is 0 Å². The van der Waals surface area contributed by atoms with Crippen LogP contribution in [0, 0.1) is 5.92 Å². The van der Waals surface area contributed by atoms with Crippen LogP contribution in [0.25, 0.3) is 0 Å². The summed E-state index contributed by atoms with van der Waals surface area (Å²) < 4.78 is 24.9. The summed E-state index contributed by atoms with van der Waals surface area (Å²) in [5.74, 6) is -0.731. The molecule has 1 fully saturated rings. The maximum atomic E-state index is 11.9. The van der Waals surface area contributed by atoms with E-state index in [0.29, 0.717) is 19.4 Å². The Kier molecular flexibility index (Phi) is 4.32. The topological polar surface area (TPSA) is 74.7 Å². The Balaban J connectivity index is 2.89. The van der Waals surface area contributed by atoms with Crippen molar-refractivity contribution in [3.8, 4) is 0 Å². The minimum absolute atomic E-state index is 0.0329. The Morgan fingerprint density at radius 1 is 1.50 bits per heavy atom. The van der Waals surface area contributed by atoms with Gasteiger partial charge in [-0.2, -0.15) is 4.31 Å². The van der Waals surface area contributed by atoms with Crippen molar-refractivity contribution in [2.45, 2.75) is 39.2 Å². The van der Waals surface area contributed by atoms with Gasteiger partial charge in [0.25, 0.3) is 0 Å². The summed E-state index contributed by atoms with van der Waals surface area (Å²) in [4.78, 5) is 11.1. The third-order valence-corrected chi connectivity index (χ3v) is 5.00. The SMILES string of the molecule is CCCS(=O)(=O)N1CCC(C)CC1C(=O)O. The molecule has 1 rings (SSSR count). The molecule has 0 bridgehead atoms. The van der Waals surface area contributed by atoms with Crippen molar-refractivity contribution in [2.24, 2.45) is 5.92 Å². The molecule has 1 aliphatic rings. The molecule has 0 spiro atoms. The van der Waals surface area contributed by atoms with Crippen LogP contribution in [0.3, 0.4) is 0 Å². The molecule has 94 valence electrons. The number of piperidine rings is 1. The molecule has 0 aromatic carbocycles. The summed E-state index contributed by atoms with van der Waals surface area (Å²) in [6, 6.07) is -0.875. The molecule has 0 aliphatic carbocycles. The number of hydrogen-bond donors (Lipinski definition) is 1. The molecule has 0 radical (unpaired) electrons. The van der Waals surface area contributed by atoms with Crippen LogP contribution in [0.5, 0.6) is 0 Å². The summed E-state index contributed by atoms with van der Waals surface area (Å²) >= 11 is 0. The minimum Gasteiger partial charge on any atom is -0.480 e. The van der Waals surface area contributed by atoms with Crippen molar-refractivity contribution in [2.75, 3.05) is 12.3 Å². The predicted molar refractivity (Wildman–Crippen MR) is 60.6 cm³/mol. The number of sulfonamides is 1. The predicted octanol–water partition coefficient (Wildman–Crippen LogP) is 0.911. The fourth-order valence-corrected chi connectivity index (χ4v) is 3.75. The van der Waals surface area contributed by atoms with Crippen LogP contribution in [0.2, 0.25) is 0 Å². The molecule has 1 saturated heterocycles. The van der Waals surface area contributed by atoms with Gasteiger partial charge in [0, 0.05) is 6.54 Å². The van der Waals surface area contributed by atoms with Gasteiger partial charge in [-0.3, -0.25) is 4.79 Å². The molecule has 2 unspecified atom stereocenters. The Morgan fingerprint density at radius 3 is 2.62 bits per heavy atom. The molecule has 0 aromatic rings. The summed E-state index contributed by atoms with van der Waals surface area (Å²) in [5, 5.41) is 9.05. The van der Waals surface area contributed by atoms with Crippen molar-refractivity contribution in [1.29, 1.82) is 0 Å². The lowest BCUT2D eigenvalue weighted by molar-refractivity contribution is -0.142. The highest BCUT2D eigenvalue weighted by Gasteiger charge is 2.38. The van der Waals surface area contributed by atoms with Crippen molar-refractivity contribution >= 4 is 16.0 Å². The van der Waals surface area contributed by atoms with Crippen LogP contribution in [-0.4, -0.2) is 42.1 Å². The van der Waals surface area contributed by atoms with Crippen molar-refractivity contribution in [3.05, 3.63) is 0 Å². The molecule has 1 aliphatic heterocycles. The van der Waals surface area contributed by atoms with Gasteiger partial charge in [-0.05, 0) is 25.2 Å². The first-order valence-electron chi connectivity index (χ1n) is 5.60. The van der Waals surface area contributed by atoms with Gasteiger partial charge in [0.2, 0.25) is 10.0 Å². The summed E-state index contributed by atoms with van der Waals surface area (Å²) in [6.45, 7) is 4.07. The van der Waals surface area contributed by atoms with Crippen molar-refractivity contribution in [1.82, 2.24) is 4.31 Å². The lowest BCUT2D eigenvalue weighted by Gasteiger charge is -2.34. The molecule has 5 nitrogen and oxygen atoms in total. The van der Waals surface area contributed by atoms with E-state index in [4.69, 9.17) is 5.11 Å². The van der Waals surface area contributed by atoms with Crippen LogP contribution in [0.15, 0.2) is 0 Å². The van der Waals surface area contributed by atoms with Crippen LogP contribution >= 0.6 is 0 Å². The van der Waals surface area contributed by atoms with Crippen molar-refractivity contribution < 1.29 is 18.3 Å². The average molecular weight is 249 g/mol. The second-order valence-corrected chi connectivity index (χ2v) is 6.45. The van der Waals surface area contributed by atoms with Crippen LogP contribution in [0.1, 0.15) is 33.1 Å². The van der Waals surface area contributed by atoms with E-state index in [1.165, 1.54) is 4.31 Å². The molecule has 0 saturated carbocycles. The lowest BCUT2D eigenvalue weighted by Crippen LogP contribution is -2.50. The van der Waals surface area contributed by atoms with E-state index in [9.17, 15) is 13.2 Å². The fourth-order valence-electron chi connectivity index (χ4n) is 2.05. The quantitative estimate of drug-likeness (QED) is 0.803. The van der Waals surface area contributed by atoms with E-state index in [-0.39, 0.29) is 11.7 Å². The smallest absolute Gasteiger partial charge is 0.322 e. The highest BCUT2D eigenvalue weighted by Crippen LogP contribution is 2.25. The number of aliphatic carboxylic acids is 1. The standard InChI is InChI=1S/C10H19NO4S/c1-3-6-16(14,15)11-5-4-8(2)7-9(11)10(12)13/h8-9H,3-7H2,1-2H3,(H,12,13). The van der Waals surface area contributed by atoms with E-state index < -0.39 is 22.0 Å². The first-order chi connectivity index (χ1) is 7.38. The van der Waals surface area contributed by atoms with Crippen LogP contribution in [0.4, 0.5) is 0 Å². The van der Waals surface area contributed by atoms with Gasteiger partial charge in [0.05, 0.1) is 5.75 Å². The number of carbonyl (C=O) groups is 1. The van der Waals surface area contributed by atoms with Gasteiger partial charge in [0.15, 0.2) is 0 Å². The Labute approximate surface area is 96.5 Å². The number of hydrogen-bond acceptors (Lipinski definition) is 3. The number of rotatable bonds is 4. The molecule has 0 aromatic heterocycles.